The number of aromatic nitrogens is 13. The monoisotopic (exact) mass is 1810 g/mol. The number of nitrogens with one attached hydrogen (secondary N) is 4. The van der Waals surface area contributed by atoms with Crippen LogP contribution < -0.4 is 102 Å². The van der Waals surface area contributed by atoms with Crippen LogP contribution in [0.1, 0.15) is 73.0 Å². The molecule has 124 heavy (non-hydrogen) atoms. The van der Waals surface area contributed by atoms with Gasteiger partial charge in [-0.2, -0.15) is 0 Å². The standard InChI is InChI=1S/C19H20N2O3S.C17H19N3O4S.2C17H19N3O3S.C15H12F3N3O2S.2Na/c1-14-17(20-9-8-18(14)24-11-5-10-23-2)13-25(22)19-12-15-6-3-4-7-16(15)21-19;1-10-14(18-8-15(23-3)16(10)24-4)9-25(21)17-19-12-6-5-11(22-2)7-13(12)20-17;2*1-10-8-18-15(11(2)16(10)23-4)9-24(21)17-19-13-6-5-12(22-3)7-14(13)20-17;1-9-7-19-10(6-13(9)23-15(16,17)18)8-24(22)14-20-11-4-2-3-5-12(11)21-14;;/h3-10H,11-13H2,1-2H3;5-8H,9H2,1-4H3,(H,19,20);2*5-8H,9H2,1-4H3,(H,19,20);2-7H,8H2,1H3,(H,20,21);;/q;;;;;2*+1/b10-5-;;;;;;. The molecule has 0 fully saturated rings. The Morgan fingerprint density at radius 3 is 1.30 bits per heavy atom. The molecule has 5 aromatic carbocycles. The number of nitrogens with zero attached hydrogens (tertiary/aromatic N) is 10. The van der Waals surface area contributed by atoms with E-state index in [1.54, 1.807) is 112 Å². The molecule has 1 aliphatic rings. The average Bonchev–Trinajstić information content (AvgIpc) is 1.76. The number of hydrogen-bond acceptors (Lipinski definition) is 25. The first kappa shape index (κ1) is 97.5. The summed E-state index contributed by atoms with van der Waals surface area (Å²) in [5.41, 5.74) is 16.9. The van der Waals surface area contributed by atoms with Crippen molar-refractivity contribution in [3.63, 3.8) is 0 Å². The van der Waals surface area contributed by atoms with Crippen LogP contribution in [0, 0.1) is 48.5 Å². The van der Waals surface area contributed by atoms with Crippen molar-refractivity contribution in [2.75, 3.05) is 63.5 Å². The largest absolute Gasteiger partial charge is 1.00 e. The Hall–Kier alpha value is -10.3. The SMILES string of the molecule is CO/C=C\COc1ccnc(CS(=O)C2=Nc3ccccc3C2)c1C.COc1ccc2nc(S(=O)Cc3ncc(C)c(OC)c3C)[nH]c2c1.COc1ccc2nc(S(=O)Cc3ncc(C)c(OC)c3C)[nH]c2c1.COc1ccc2nc(S(=O)Cc3ncc(OC)c(OC)c3C)[nH]c2c1.Cc1cnc(CS(=O)c2nc3ccccc3[nH]2)cc1OC(F)(F)F.[Na+].[Na+]. The number of aryl methyl sites for hydroxylation is 3. The second kappa shape index (κ2) is 45.5. The molecule has 5 unspecified atom stereocenters. The van der Waals surface area contributed by atoms with Gasteiger partial charge < -0.3 is 67.3 Å². The van der Waals surface area contributed by atoms with Gasteiger partial charge in [-0.25, -0.2) is 24.9 Å². The van der Waals surface area contributed by atoms with E-state index in [4.69, 9.17) is 42.6 Å². The Morgan fingerprint density at radius 2 is 0.839 bits per heavy atom. The molecule has 0 saturated heterocycles. The minimum Gasteiger partial charge on any atom is -0.505 e. The quantitative estimate of drug-likeness (QED) is 0.0289. The Kier molecular flexibility index (Phi) is 35.8. The molecule has 0 radical (unpaired) electrons. The predicted molar refractivity (Wildman–Crippen MR) is 462 cm³/mol. The van der Waals surface area contributed by atoms with Crippen molar-refractivity contribution in [2.24, 2.45) is 4.99 Å². The van der Waals surface area contributed by atoms with Crippen LogP contribution in [0.3, 0.4) is 0 Å². The fourth-order valence-corrected chi connectivity index (χ4v) is 18.0. The molecule has 640 valence electrons. The fourth-order valence-electron chi connectivity index (χ4n) is 12.4. The molecule has 15 rings (SSSR count). The third-order valence-electron chi connectivity index (χ3n) is 18.8. The van der Waals surface area contributed by atoms with Crippen molar-refractivity contribution in [1.29, 1.82) is 0 Å². The van der Waals surface area contributed by atoms with E-state index >= 15 is 0 Å². The molecule has 4 N–H and O–H groups in total. The molecule has 0 bridgehead atoms. The van der Waals surface area contributed by atoms with E-state index in [0.717, 1.165) is 135 Å². The molecule has 0 aliphatic carbocycles. The van der Waals surface area contributed by atoms with Crippen LogP contribution in [0.4, 0.5) is 18.9 Å². The van der Waals surface area contributed by atoms with Crippen LogP contribution in [0.25, 0.3) is 44.1 Å². The molecular weight excluding hydrogens is 1720 g/mol. The summed E-state index contributed by atoms with van der Waals surface area (Å²) >= 11 is 0. The van der Waals surface area contributed by atoms with Gasteiger partial charge in [-0.3, -0.25) is 46.0 Å². The summed E-state index contributed by atoms with van der Waals surface area (Å²) < 4.78 is 152. The summed E-state index contributed by atoms with van der Waals surface area (Å²) in [6.45, 7) is 13.4. The third kappa shape index (κ3) is 25.1. The molecule has 5 atom stereocenters. The first-order valence-corrected chi connectivity index (χ1v) is 43.9. The van der Waals surface area contributed by atoms with Gasteiger partial charge in [-0.15, -0.1) is 13.2 Å². The van der Waals surface area contributed by atoms with Crippen molar-refractivity contribution in [2.45, 2.75) is 111 Å². The smallest absolute Gasteiger partial charge is 0.505 e. The van der Waals surface area contributed by atoms with Gasteiger partial charge in [0.1, 0.15) is 51.9 Å². The number of hydrogen-bond donors (Lipinski definition) is 4. The van der Waals surface area contributed by atoms with Gasteiger partial charge in [0.25, 0.3) is 0 Å². The molecule has 10 heterocycles. The van der Waals surface area contributed by atoms with Gasteiger partial charge in [0.2, 0.25) is 0 Å². The van der Waals surface area contributed by atoms with Gasteiger partial charge in [0.15, 0.2) is 32.1 Å². The zero-order chi connectivity index (χ0) is 87.5. The number of para-hydroxylation sites is 3. The van der Waals surface area contributed by atoms with E-state index in [0.29, 0.717) is 67.8 Å². The predicted octanol–water partition coefficient (Wildman–Crippen LogP) is 9.34. The third-order valence-corrected chi connectivity index (χ3v) is 24.8. The van der Waals surface area contributed by atoms with Crippen LogP contribution in [-0.2, 0) is 93.9 Å². The summed E-state index contributed by atoms with van der Waals surface area (Å²) in [4.78, 5) is 55.7. The maximum Gasteiger partial charge on any atom is 1.00 e. The summed E-state index contributed by atoms with van der Waals surface area (Å²) in [6.07, 6.45) is 7.18. The van der Waals surface area contributed by atoms with Crippen LogP contribution in [0.2, 0.25) is 0 Å². The second-order valence-electron chi connectivity index (χ2n) is 26.9. The van der Waals surface area contributed by atoms with Crippen LogP contribution >= 0.6 is 0 Å². The fraction of sp³-hybridized carbons (Fsp3) is 0.271. The number of fused-ring (bicyclic) bond motifs is 5. The normalized spacial score (nSPS) is 12.6. The molecule has 9 aromatic heterocycles. The van der Waals surface area contributed by atoms with Crippen LogP contribution in [0.5, 0.6) is 51.7 Å². The number of rotatable bonds is 26. The van der Waals surface area contributed by atoms with Crippen molar-refractivity contribution >= 4 is 109 Å². The number of imidazole rings is 4. The summed E-state index contributed by atoms with van der Waals surface area (Å²) in [5.74, 6) is 6.30. The van der Waals surface area contributed by atoms with Gasteiger partial charge in [-0.1, -0.05) is 30.3 Å². The van der Waals surface area contributed by atoms with Crippen molar-refractivity contribution in [3.8, 4) is 51.7 Å². The first-order chi connectivity index (χ1) is 58.6. The maximum atomic E-state index is 12.7. The van der Waals surface area contributed by atoms with E-state index in [1.165, 1.54) is 13.1 Å². The molecular formula is C85H89F3N14Na2O15S5+2. The Morgan fingerprint density at radius 1 is 0.411 bits per heavy atom. The molecule has 0 saturated carbocycles. The number of halogens is 3. The molecule has 29 nitrogen and oxygen atoms in total. The second-order valence-corrected chi connectivity index (χ2v) is 33.8. The summed E-state index contributed by atoms with van der Waals surface area (Å²) in [6, 6.07) is 34.5. The Labute approximate surface area is 770 Å². The number of pyridine rings is 5. The van der Waals surface area contributed by atoms with Crippen LogP contribution in [-0.4, -0.2) is 161 Å². The van der Waals surface area contributed by atoms with Gasteiger partial charge >= 0.3 is 65.5 Å². The average molecular weight is 1810 g/mol. The summed E-state index contributed by atoms with van der Waals surface area (Å²) in [5, 5.41) is 2.21. The van der Waals surface area contributed by atoms with Gasteiger partial charge in [0.05, 0.1) is 230 Å². The van der Waals surface area contributed by atoms with Crippen LogP contribution in [0.15, 0.2) is 184 Å². The van der Waals surface area contributed by atoms with Crippen molar-refractivity contribution < 1.29 is 141 Å². The zero-order valence-corrected chi connectivity index (χ0v) is 79.3. The molecule has 14 aromatic rings. The number of aliphatic imine (C=N–C) groups is 1. The number of ether oxygens (including phenoxy) is 10. The topological polar surface area (TPSA) is 369 Å². The molecule has 39 heteroatoms. The maximum absolute atomic E-state index is 12.7. The zero-order valence-electron chi connectivity index (χ0n) is 71.2. The van der Waals surface area contributed by atoms with Crippen molar-refractivity contribution in [1.82, 2.24) is 64.8 Å². The van der Waals surface area contributed by atoms with E-state index in [1.807, 2.05) is 133 Å². The number of aromatic amines is 4. The Bertz CT molecular complexity index is 6110. The number of benzene rings is 5. The Balaban J connectivity index is 0.000000175. The number of H-pyrrole nitrogens is 4. The number of alkyl halides is 3. The van der Waals surface area contributed by atoms with E-state index in [9.17, 15) is 34.2 Å². The number of methoxy groups -OCH3 is 8. The minimum atomic E-state index is -4.79. The van der Waals surface area contributed by atoms with Gasteiger partial charge in [0, 0.05) is 94.4 Å². The van der Waals surface area contributed by atoms with Crippen molar-refractivity contribution in [3.05, 3.63) is 232 Å². The molecule has 1 aliphatic heterocycles. The molecule has 0 amide bonds. The van der Waals surface area contributed by atoms with E-state index < -0.39 is 60.4 Å². The first-order valence-electron chi connectivity index (χ1n) is 37.3. The van der Waals surface area contributed by atoms with E-state index in [2.05, 4.69) is 74.5 Å². The minimum absolute atomic E-state index is 0. The summed E-state index contributed by atoms with van der Waals surface area (Å²) in [7, 11) is 5.98. The van der Waals surface area contributed by atoms with Gasteiger partial charge in [-0.05, 0) is 121 Å². The molecule has 0 spiro atoms. The van der Waals surface area contributed by atoms with E-state index in [-0.39, 0.29) is 104 Å².